The Morgan fingerprint density at radius 3 is 2.04 bits per heavy atom. The van der Waals surface area contributed by atoms with Crippen LogP contribution >= 0.6 is 0 Å². The van der Waals surface area contributed by atoms with Gasteiger partial charge in [0.1, 0.15) is 6.04 Å². The zero-order chi connectivity index (χ0) is 19.6. The number of esters is 1. The molecule has 156 valence electrons. The van der Waals surface area contributed by atoms with Gasteiger partial charge in [0.05, 0.1) is 6.61 Å². The molecule has 0 radical (unpaired) electrons. The van der Waals surface area contributed by atoms with Crippen molar-refractivity contribution in [2.45, 2.75) is 116 Å². The van der Waals surface area contributed by atoms with Crippen molar-refractivity contribution in [1.82, 2.24) is 5.32 Å². The van der Waals surface area contributed by atoms with E-state index in [0.717, 1.165) is 12.8 Å². The van der Waals surface area contributed by atoms with E-state index in [4.69, 9.17) is 4.74 Å². The molecular weight excluding hydrogens is 338 g/mol. The van der Waals surface area contributed by atoms with E-state index in [2.05, 4.69) is 24.4 Å². The normalized spacial score (nSPS) is 16.8. The minimum atomic E-state index is -0.407. The molecule has 4 nitrogen and oxygen atoms in total. The average molecular weight is 380 g/mol. The number of carbonyl (C=O) groups excluding carboxylic acids is 2. The van der Waals surface area contributed by atoms with Gasteiger partial charge in [-0.05, 0) is 32.1 Å². The summed E-state index contributed by atoms with van der Waals surface area (Å²) in [6.45, 7) is 2.71. The van der Waals surface area contributed by atoms with E-state index in [1.807, 2.05) is 0 Å². The van der Waals surface area contributed by atoms with Gasteiger partial charge in [-0.15, -0.1) is 0 Å². The molecule has 1 fully saturated rings. The Morgan fingerprint density at radius 2 is 1.48 bits per heavy atom. The van der Waals surface area contributed by atoms with Gasteiger partial charge >= 0.3 is 5.97 Å². The summed E-state index contributed by atoms with van der Waals surface area (Å²) in [5, 5.41) is 2.64. The fraction of sp³-hybridized carbons (Fsp3) is 0.826. The highest BCUT2D eigenvalue weighted by Crippen LogP contribution is 2.13. The molecule has 1 rings (SSSR count). The van der Waals surface area contributed by atoms with E-state index in [1.54, 1.807) is 0 Å². The zero-order valence-electron chi connectivity index (χ0n) is 17.5. The lowest BCUT2D eigenvalue weighted by Gasteiger charge is -2.09. The lowest BCUT2D eigenvalue weighted by molar-refractivity contribution is -0.146. The predicted octanol–water partition coefficient (Wildman–Crippen LogP) is 5.85. The lowest BCUT2D eigenvalue weighted by Crippen LogP contribution is -2.34. The van der Waals surface area contributed by atoms with Crippen molar-refractivity contribution in [3.63, 3.8) is 0 Å². The quantitative estimate of drug-likeness (QED) is 0.196. The Kier molecular flexibility index (Phi) is 14.8. The van der Waals surface area contributed by atoms with Crippen LogP contribution in [0.1, 0.15) is 110 Å². The summed E-state index contributed by atoms with van der Waals surface area (Å²) >= 11 is 0. The molecule has 1 aliphatic heterocycles. The first-order chi connectivity index (χ1) is 13.2. The fourth-order valence-electron chi connectivity index (χ4n) is 3.42. The summed E-state index contributed by atoms with van der Waals surface area (Å²) in [5.74, 6) is -0.311. The number of nitrogens with one attached hydrogen (secondary N) is 1. The summed E-state index contributed by atoms with van der Waals surface area (Å²) in [4.78, 5) is 22.8. The second-order valence-electron chi connectivity index (χ2n) is 7.76. The van der Waals surface area contributed by atoms with Gasteiger partial charge in [-0.3, -0.25) is 4.79 Å². The molecule has 0 bridgehead atoms. The van der Waals surface area contributed by atoms with E-state index >= 15 is 0 Å². The first kappa shape index (κ1) is 23.7. The van der Waals surface area contributed by atoms with E-state index in [1.165, 1.54) is 77.0 Å². The number of allylic oxidation sites excluding steroid dienone is 2. The third-order valence-electron chi connectivity index (χ3n) is 5.16. The first-order valence-corrected chi connectivity index (χ1v) is 11.3. The SMILES string of the molecule is CCC/C=C/CCCCCCCCCCCCCOC(=O)[C@@H]1CCC(=O)N1. The minimum Gasteiger partial charge on any atom is -0.464 e. The summed E-state index contributed by atoms with van der Waals surface area (Å²) in [6.07, 6.45) is 23.5. The van der Waals surface area contributed by atoms with Gasteiger partial charge in [-0.1, -0.05) is 83.3 Å². The van der Waals surface area contributed by atoms with Crippen LogP contribution in [0.3, 0.4) is 0 Å². The van der Waals surface area contributed by atoms with Crippen molar-refractivity contribution in [1.29, 1.82) is 0 Å². The summed E-state index contributed by atoms with van der Waals surface area (Å²) in [6, 6.07) is -0.407. The maximum absolute atomic E-state index is 11.7. The molecule has 0 aromatic rings. The molecule has 27 heavy (non-hydrogen) atoms. The second-order valence-corrected chi connectivity index (χ2v) is 7.76. The summed E-state index contributed by atoms with van der Waals surface area (Å²) in [5.41, 5.74) is 0. The third-order valence-corrected chi connectivity index (χ3v) is 5.16. The van der Waals surface area contributed by atoms with Crippen LogP contribution < -0.4 is 5.32 Å². The topological polar surface area (TPSA) is 55.4 Å². The number of carbonyl (C=O) groups is 2. The molecule has 1 atom stereocenters. The van der Waals surface area contributed by atoms with Crippen LogP contribution in [0.2, 0.25) is 0 Å². The maximum Gasteiger partial charge on any atom is 0.328 e. The smallest absolute Gasteiger partial charge is 0.328 e. The molecule has 1 aliphatic rings. The van der Waals surface area contributed by atoms with Gasteiger partial charge in [0, 0.05) is 6.42 Å². The Morgan fingerprint density at radius 1 is 0.926 bits per heavy atom. The highest BCUT2D eigenvalue weighted by Gasteiger charge is 2.28. The molecule has 0 aromatic carbocycles. The molecule has 0 aliphatic carbocycles. The monoisotopic (exact) mass is 379 g/mol. The Balaban J connectivity index is 1.74. The Bertz CT molecular complexity index is 420. The molecule has 4 heteroatoms. The first-order valence-electron chi connectivity index (χ1n) is 11.3. The molecular formula is C23H41NO3. The van der Waals surface area contributed by atoms with Gasteiger partial charge in [-0.2, -0.15) is 0 Å². The van der Waals surface area contributed by atoms with Crippen LogP contribution in [0.4, 0.5) is 0 Å². The summed E-state index contributed by atoms with van der Waals surface area (Å²) in [7, 11) is 0. The number of hydrogen-bond donors (Lipinski definition) is 1. The maximum atomic E-state index is 11.7. The minimum absolute atomic E-state index is 0.0449. The van der Waals surface area contributed by atoms with Crippen LogP contribution in [-0.2, 0) is 14.3 Å². The van der Waals surface area contributed by atoms with Crippen molar-refractivity contribution < 1.29 is 14.3 Å². The molecule has 1 heterocycles. The molecule has 1 amide bonds. The van der Waals surface area contributed by atoms with Crippen molar-refractivity contribution in [3.05, 3.63) is 12.2 Å². The predicted molar refractivity (Wildman–Crippen MR) is 112 cm³/mol. The van der Waals surface area contributed by atoms with Crippen LogP contribution in [-0.4, -0.2) is 24.5 Å². The van der Waals surface area contributed by atoms with E-state index in [0.29, 0.717) is 19.4 Å². The van der Waals surface area contributed by atoms with E-state index in [9.17, 15) is 9.59 Å². The van der Waals surface area contributed by atoms with Crippen LogP contribution in [0.5, 0.6) is 0 Å². The molecule has 0 saturated carbocycles. The standard InChI is InChI=1S/C23H41NO3/c1-2-3-4-5-6-7-8-9-10-11-12-13-14-15-16-17-20-27-23(26)21-18-19-22(25)24-21/h4-5,21H,2-3,6-20H2,1H3,(H,24,25)/b5-4+/t21-/m0/s1. The number of hydrogen-bond acceptors (Lipinski definition) is 3. The summed E-state index contributed by atoms with van der Waals surface area (Å²) < 4.78 is 5.24. The molecule has 0 aromatic heterocycles. The average Bonchev–Trinajstić information content (AvgIpc) is 3.10. The largest absolute Gasteiger partial charge is 0.464 e. The molecule has 1 saturated heterocycles. The van der Waals surface area contributed by atoms with Gasteiger partial charge in [0.2, 0.25) is 5.91 Å². The number of unbranched alkanes of at least 4 members (excludes halogenated alkanes) is 12. The van der Waals surface area contributed by atoms with Crippen molar-refractivity contribution in [3.8, 4) is 0 Å². The van der Waals surface area contributed by atoms with E-state index in [-0.39, 0.29) is 11.9 Å². The molecule has 0 unspecified atom stereocenters. The van der Waals surface area contributed by atoms with Crippen molar-refractivity contribution >= 4 is 11.9 Å². The highest BCUT2D eigenvalue weighted by molar-refractivity contribution is 5.87. The van der Waals surface area contributed by atoms with Crippen molar-refractivity contribution in [2.24, 2.45) is 0 Å². The molecule has 0 spiro atoms. The third kappa shape index (κ3) is 13.5. The van der Waals surface area contributed by atoms with Gasteiger partial charge < -0.3 is 10.1 Å². The van der Waals surface area contributed by atoms with Crippen LogP contribution in [0.25, 0.3) is 0 Å². The van der Waals surface area contributed by atoms with Crippen LogP contribution in [0.15, 0.2) is 12.2 Å². The number of amides is 1. The highest BCUT2D eigenvalue weighted by atomic mass is 16.5. The van der Waals surface area contributed by atoms with Gasteiger partial charge in [-0.25, -0.2) is 4.79 Å². The Labute approximate surface area is 166 Å². The van der Waals surface area contributed by atoms with Gasteiger partial charge in [0.15, 0.2) is 0 Å². The van der Waals surface area contributed by atoms with Crippen LogP contribution in [0, 0.1) is 0 Å². The zero-order valence-corrected chi connectivity index (χ0v) is 17.5. The second kappa shape index (κ2) is 16.8. The van der Waals surface area contributed by atoms with Gasteiger partial charge in [0.25, 0.3) is 0 Å². The number of ether oxygens (including phenoxy) is 1. The lowest BCUT2D eigenvalue weighted by atomic mass is 10.1. The fourth-order valence-corrected chi connectivity index (χ4v) is 3.42. The van der Waals surface area contributed by atoms with Crippen molar-refractivity contribution in [2.75, 3.05) is 6.61 Å². The Hall–Kier alpha value is -1.32. The van der Waals surface area contributed by atoms with E-state index < -0.39 is 6.04 Å². The molecule has 1 N–H and O–H groups in total. The number of rotatable bonds is 17.